The van der Waals surface area contributed by atoms with E-state index in [-0.39, 0.29) is 5.56 Å². The largest absolute Gasteiger partial charge is 0.314 e. The average Bonchev–Trinajstić information content (AvgIpc) is 2.77. The lowest BCUT2D eigenvalue weighted by atomic mass is 10.1. The van der Waals surface area contributed by atoms with Gasteiger partial charge in [-0.2, -0.15) is 0 Å². The minimum Gasteiger partial charge on any atom is -0.314 e. The molecule has 4 rings (SSSR count). The van der Waals surface area contributed by atoms with E-state index in [9.17, 15) is 9.00 Å². The van der Waals surface area contributed by atoms with Gasteiger partial charge in [0.2, 0.25) is 0 Å². The molecule has 2 aromatic carbocycles. The Morgan fingerprint density at radius 1 is 1.26 bits per heavy atom. The minimum absolute atomic E-state index is 0.243. The number of benzene rings is 2. The average molecular weight is 525 g/mol. The Morgan fingerprint density at radius 3 is 2.77 bits per heavy atom. The highest BCUT2D eigenvalue weighted by atomic mass is 79.9. The molecule has 2 N–H and O–H groups in total. The number of nitrogens with zero attached hydrogens (tertiary/aromatic N) is 3. The van der Waals surface area contributed by atoms with Gasteiger partial charge in [0.15, 0.2) is 0 Å². The van der Waals surface area contributed by atoms with Gasteiger partial charge in [-0.3, -0.25) is 19.3 Å². The fourth-order valence-corrected chi connectivity index (χ4v) is 5.09. The van der Waals surface area contributed by atoms with Crippen LogP contribution in [0.2, 0.25) is 5.02 Å². The lowest BCUT2D eigenvalue weighted by molar-refractivity contribution is 0.233. The molecule has 31 heavy (non-hydrogen) atoms. The number of piperazine rings is 1. The third-order valence-corrected chi connectivity index (χ3v) is 7.56. The maximum Gasteiger partial charge on any atom is 0.280 e. The highest BCUT2D eigenvalue weighted by molar-refractivity contribution is 9.10. The van der Waals surface area contributed by atoms with Crippen molar-refractivity contribution in [1.29, 1.82) is 0 Å². The Morgan fingerprint density at radius 2 is 2.03 bits per heavy atom. The molecule has 0 spiro atoms. The third-order valence-electron chi connectivity index (χ3n) is 5.22. The zero-order valence-electron chi connectivity index (χ0n) is 17.0. The minimum atomic E-state index is -1.20. The number of nitrogens with one attached hydrogen (secondary N) is 2. The Hall–Kier alpha value is -1.78. The Kier molecular flexibility index (Phi) is 7.08. The number of halogens is 2. The van der Waals surface area contributed by atoms with Crippen LogP contribution in [0.4, 0.5) is 5.69 Å². The lowest BCUT2D eigenvalue weighted by Gasteiger charge is -2.27. The van der Waals surface area contributed by atoms with Crippen molar-refractivity contribution in [3.63, 3.8) is 0 Å². The van der Waals surface area contributed by atoms with E-state index >= 15 is 0 Å². The quantitative estimate of drug-likeness (QED) is 0.516. The maximum absolute atomic E-state index is 13.1. The van der Waals surface area contributed by atoms with Crippen molar-refractivity contribution in [1.82, 2.24) is 19.9 Å². The highest BCUT2D eigenvalue weighted by Gasteiger charge is 2.15. The van der Waals surface area contributed by atoms with Crippen LogP contribution in [-0.2, 0) is 17.3 Å². The zero-order chi connectivity index (χ0) is 22.0. The highest BCUT2D eigenvalue weighted by Crippen LogP contribution is 2.25. The van der Waals surface area contributed by atoms with Crippen LogP contribution in [0.5, 0.6) is 0 Å². The summed E-state index contributed by atoms with van der Waals surface area (Å²) in [6, 6.07) is 8.85. The number of hydrogen-bond donors (Lipinski definition) is 2. The van der Waals surface area contributed by atoms with Gasteiger partial charge in [0.25, 0.3) is 5.56 Å². The SMILES string of the molecule is CCS(=O)c1ccc(Cl)cc1Nn1cnc2cc(CN3CCNCC3)c(Br)cc2c1=O. The topological polar surface area (TPSA) is 79.3 Å². The summed E-state index contributed by atoms with van der Waals surface area (Å²) < 4.78 is 14.6. The lowest BCUT2D eigenvalue weighted by Crippen LogP contribution is -2.42. The molecule has 1 aliphatic rings. The molecule has 0 amide bonds. The zero-order valence-corrected chi connectivity index (χ0v) is 20.2. The van der Waals surface area contributed by atoms with Gasteiger partial charge in [0.05, 0.1) is 32.3 Å². The number of hydrogen-bond acceptors (Lipinski definition) is 6. The molecular formula is C21H23BrClN5O2S. The van der Waals surface area contributed by atoms with E-state index in [1.54, 1.807) is 18.2 Å². The second-order valence-electron chi connectivity index (χ2n) is 7.29. The van der Waals surface area contributed by atoms with Gasteiger partial charge < -0.3 is 5.32 Å². The van der Waals surface area contributed by atoms with Crippen LogP contribution in [0.1, 0.15) is 12.5 Å². The summed E-state index contributed by atoms with van der Waals surface area (Å²) in [5.74, 6) is 0.462. The van der Waals surface area contributed by atoms with Gasteiger partial charge >= 0.3 is 0 Å². The second-order valence-corrected chi connectivity index (χ2v) is 10.3. The van der Waals surface area contributed by atoms with Crippen LogP contribution < -0.4 is 16.3 Å². The van der Waals surface area contributed by atoms with E-state index in [1.807, 2.05) is 19.1 Å². The van der Waals surface area contributed by atoms with E-state index in [0.717, 1.165) is 42.8 Å². The first-order valence-corrected chi connectivity index (χ1v) is 12.5. The summed E-state index contributed by atoms with van der Waals surface area (Å²) in [6.07, 6.45) is 1.45. The van der Waals surface area contributed by atoms with Crippen molar-refractivity contribution in [2.75, 3.05) is 37.4 Å². The monoisotopic (exact) mass is 523 g/mol. The van der Waals surface area contributed by atoms with Gasteiger partial charge in [-0.25, -0.2) is 9.66 Å². The Balaban J connectivity index is 1.67. The maximum atomic E-state index is 13.1. The summed E-state index contributed by atoms with van der Waals surface area (Å²) in [7, 11) is -1.20. The summed E-state index contributed by atoms with van der Waals surface area (Å²) in [4.78, 5) is 20.6. The first-order chi connectivity index (χ1) is 15.0. The van der Waals surface area contributed by atoms with Gasteiger partial charge in [0, 0.05) is 48.0 Å². The summed E-state index contributed by atoms with van der Waals surface area (Å²) in [5.41, 5.74) is 5.04. The molecule has 2 heterocycles. The van der Waals surface area contributed by atoms with Gasteiger partial charge in [-0.15, -0.1) is 0 Å². The van der Waals surface area contributed by atoms with Gasteiger partial charge in [-0.1, -0.05) is 34.5 Å². The summed E-state index contributed by atoms with van der Waals surface area (Å²) in [5, 5.41) is 4.33. The van der Waals surface area contributed by atoms with Crippen LogP contribution in [0.15, 0.2) is 50.8 Å². The van der Waals surface area contributed by atoms with Crippen molar-refractivity contribution >= 4 is 54.9 Å². The van der Waals surface area contributed by atoms with Crippen molar-refractivity contribution in [2.45, 2.75) is 18.4 Å². The molecular weight excluding hydrogens is 502 g/mol. The van der Waals surface area contributed by atoms with Crippen LogP contribution in [0.25, 0.3) is 10.9 Å². The molecule has 1 saturated heterocycles. The van der Waals surface area contributed by atoms with Crippen LogP contribution in [0.3, 0.4) is 0 Å². The Bertz CT molecular complexity index is 1200. The fourth-order valence-electron chi connectivity index (χ4n) is 3.57. The molecule has 0 saturated carbocycles. The molecule has 1 unspecified atom stereocenters. The van der Waals surface area contributed by atoms with Crippen molar-refractivity contribution in [2.24, 2.45) is 0 Å². The van der Waals surface area contributed by atoms with Crippen LogP contribution in [0, 0.1) is 0 Å². The third kappa shape index (κ3) is 5.01. The van der Waals surface area contributed by atoms with Gasteiger partial charge in [0.1, 0.15) is 6.33 Å². The van der Waals surface area contributed by atoms with Gasteiger partial charge in [-0.05, 0) is 35.9 Å². The molecule has 0 aliphatic carbocycles. The second kappa shape index (κ2) is 9.79. The molecule has 1 fully saturated rings. The molecule has 7 nitrogen and oxygen atoms in total. The van der Waals surface area contributed by atoms with Crippen molar-refractivity contribution in [3.8, 4) is 0 Å². The molecule has 0 radical (unpaired) electrons. The first-order valence-electron chi connectivity index (χ1n) is 10.0. The standard InChI is InChI=1S/C21H23BrClN5O2S/c1-2-31(30)20-4-3-15(23)10-19(20)26-28-13-25-18-9-14(12-27-7-5-24-6-8-27)17(22)11-16(18)21(28)29/h3-4,9-11,13,24,26H,2,5-8,12H2,1H3. The first kappa shape index (κ1) is 22.4. The van der Waals surface area contributed by atoms with E-state index < -0.39 is 10.8 Å². The molecule has 1 atom stereocenters. The fraction of sp³-hybridized carbons (Fsp3) is 0.333. The molecule has 1 aromatic heterocycles. The molecule has 164 valence electrons. The smallest absolute Gasteiger partial charge is 0.280 e. The summed E-state index contributed by atoms with van der Waals surface area (Å²) in [6.45, 7) is 6.58. The Labute approximate surface area is 196 Å². The van der Waals surface area contributed by atoms with Crippen molar-refractivity contribution < 1.29 is 4.21 Å². The molecule has 10 heteroatoms. The molecule has 3 aromatic rings. The van der Waals surface area contributed by atoms with E-state index in [1.165, 1.54) is 11.0 Å². The van der Waals surface area contributed by atoms with Crippen molar-refractivity contribution in [3.05, 3.63) is 62.1 Å². The number of anilines is 1. The summed E-state index contributed by atoms with van der Waals surface area (Å²) >= 11 is 9.75. The number of fused-ring (bicyclic) bond motifs is 1. The molecule has 1 aliphatic heterocycles. The van der Waals surface area contributed by atoms with E-state index in [0.29, 0.717) is 32.3 Å². The van der Waals surface area contributed by atoms with E-state index in [2.05, 4.69) is 36.6 Å². The normalized spacial score (nSPS) is 15.8. The molecule has 0 bridgehead atoms. The van der Waals surface area contributed by atoms with Crippen LogP contribution in [-0.4, -0.2) is 50.7 Å². The number of aromatic nitrogens is 2. The van der Waals surface area contributed by atoms with Crippen LogP contribution >= 0.6 is 27.5 Å². The number of rotatable bonds is 6. The predicted molar refractivity (Wildman–Crippen MR) is 129 cm³/mol. The predicted octanol–water partition coefficient (Wildman–Crippen LogP) is 3.22. The van der Waals surface area contributed by atoms with E-state index in [4.69, 9.17) is 11.6 Å².